The van der Waals surface area contributed by atoms with Crippen LogP contribution in [0.4, 0.5) is 5.95 Å². The summed E-state index contributed by atoms with van der Waals surface area (Å²) in [6.07, 6.45) is 6.06. The molecule has 3 N–H and O–H groups in total. The lowest BCUT2D eigenvalue weighted by molar-refractivity contribution is 0.0998. The summed E-state index contributed by atoms with van der Waals surface area (Å²) in [5, 5.41) is 4.70. The van der Waals surface area contributed by atoms with Gasteiger partial charge < -0.3 is 25.6 Å². The molecule has 1 amide bonds. The number of rotatable bonds is 11. The van der Waals surface area contributed by atoms with Gasteiger partial charge >= 0.3 is 0 Å². The molecule has 0 spiro atoms. The zero-order valence-corrected chi connectivity index (χ0v) is 26.3. The Bertz CT molecular complexity index is 1750. The molecule has 0 aliphatic carbocycles. The summed E-state index contributed by atoms with van der Waals surface area (Å²) in [6, 6.07) is 15.3. The number of hydrogen-bond donors (Lipinski definition) is 2. The number of carbonyl (C=O) groups is 1. The van der Waals surface area contributed by atoms with Crippen molar-refractivity contribution in [1.29, 1.82) is 0 Å². The molecule has 1 saturated heterocycles. The Morgan fingerprint density at radius 3 is 2.59 bits per heavy atom. The number of likely N-dealkylation sites (N-methyl/N-ethyl adjacent to an activating group) is 1. The monoisotopic (exact) mass is 630 g/mol. The van der Waals surface area contributed by atoms with Crippen LogP contribution in [-0.2, 0) is 0 Å². The molecule has 1 fully saturated rings. The van der Waals surface area contributed by atoms with Crippen molar-refractivity contribution >= 4 is 45.8 Å². The third-order valence-corrected chi connectivity index (χ3v) is 9.33. The van der Waals surface area contributed by atoms with Crippen LogP contribution in [-0.4, -0.2) is 81.5 Å². The molecule has 2 aromatic carbocycles. The minimum Gasteiger partial charge on any atom is -0.484 e. The second-order valence-electron chi connectivity index (χ2n) is 11.0. The van der Waals surface area contributed by atoms with E-state index < -0.39 is 5.91 Å². The van der Waals surface area contributed by atoms with E-state index in [2.05, 4.69) is 37.1 Å². The van der Waals surface area contributed by atoms with Crippen molar-refractivity contribution in [3.8, 4) is 21.9 Å². The zero-order chi connectivity index (χ0) is 30.6. The molecule has 44 heavy (non-hydrogen) atoms. The van der Waals surface area contributed by atoms with E-state index in [-0.39, 0.29) is 6.10 Å². The molecule has 4 heterocycles. The number of halogens is 1. The van der Waals surface area contributed by atoms with Gasteiger partial charge in [0, 0.05) is 67.3 Å². The summed E-state index contributed by atoms with van der Waals surface area (Å²) in [7, 11) is 2.18. The largest absolute Gasteiger partial charge is 0.484 e. The maximum atomic E-state index is 12.3. The molecule has 6 rings (SSSR count). The van der Waals surface area contributed by atoms with Gasteiger partial charge in [-0.3, -0.25) is 9.36 Å². The molecule has 1 aliphatic heterocycles. The SMILES string of the molecule is CC(Oc1cc(-n2cnc3cc(-c4cnc(NCCCN5CCN(C)CC5)nc4)ccc32)sc1C(N)=O)c1ccccc1Cl. The number of carbonyl (C=O) groups excluding carboxylic acids is 1. The number of amides is 1. The molecule has 3 aromatic heterocycles. The predicted molar refractivity (Wildman–Crippen MR) is 176 cm³/mol. The smallest absolute Gasteiger partial charge is 0.262 e. The molecule has 0 bridgehead atoms. The van der Waals surface area contributed by atoms with E-state index >= 15 is 0 Å². The highest BCUT2D eigenvalue weighted by atomic mass is 35.5. The molecule has 10 nitrogen and oxygen atoms in total. The van der Waals surface area contributed by atoms with Crippen LogP contribution in [0.5, 0.6) is 5.75 Å². The summed E-state index contributed by atoms with van der Waals surface area (Å²) < 4.78 is 8.11. The average Bonchev–Trinajstić information content (AvgIpc) is 3.64. The van der Waals surface area contributed by atoms with Crippen molar-refractivity contribution in [3.63, 3.8) is 0 Å². The first-order chi connectivity index (χ1) is 21.4. The van der Waals surface area contributed by atoms with Gasteiger partial charge in [-0.1, -0.05) is 35.9 Å². The van der Waals surface area contributed by atoms with Crippen LogP contribution in [0.2, 0.25) is 5.02 Å². The van der Waals surface area contributed by atoms with Crippen LogP contribution in [0.15, 0.2) is 67.3 Å². The number of benzene rings is 2. The zero-order valence-electron chi connectivity index (χ0n) is 24.7. The van der Waals surface area contributed by atoms with Crippen molar-refractivity contribution in [1.82, 2.24) is 29.3 Å². The van der Waals surface area contributed by atoms with Gasteiger partial charge in [-0.05, 0) is 50.7 Å². The van der Waals surface area contributed by atoms with E-state index in [0.29, 0.717) is 21.6 Å². The molecule has 5 aromatic rings. The van der Waals surface area contributed by atoms with Crippen LogP contribution in [0.1, 0.15) is 34.7 Å². The fraction of sp³-hybridized carbons (Fsp3) is 0.312. The predicted octanol–water partition coefficient (Wildman–Crippen LogP) is 5.49. The Balaban J connectivity index is 1.13. The lowest BCUT2D eigenvalue weighted by Gasteiger charge is -2.32. The Labute approximate surface area is 265 Å². The number of anilines is 1. The Morgan fingerprint density at radius 1 is 1.07 bits per heavy atom. The van der Waals surface area contributed by atoms with Crippen molar-refractivity contribution < 1.29 is 9.53 Å². The number of nitrogens with zero attached hydrogens (tertiary/aromatic N) is 6. The topological polar surface area (TPSA) is 114 Å². The maximum absolute atomic E-state index is 12.3. The van der Waals surface area contributed by atoms with Crippen molar-refractivity contribution in [2.24, 2.45) is 5.73 Å². The number of nitrogens with two attached hydrogens (primary N) is 1. The van der Waals surface area contributed by atoms with E-state index in [9.17, 15) is 4.79 Å². The average molecular weight is 631 g/mol. The van der Waals surface area contributed by atoms with Crippen LogP contribution < -0.4 is 15.8 Å². The van der Waals surface area contributed by atoms with Gasteiger partial charge in [0.25, 0.3) is 5.91 Å². The normalized spacial score (nSPS) is 15.0. The van der Waals surface area contributed by atoms with Gasteiger partial charge in [0.1, 0.15) is 28.1 Å². The minimum atomic E-state index is -0.553. The molecule has 12 heteroatoms. The summed E-state index contributed by atoms with van der Waals surface area (Å²) >= 11 is 7.62. The Hall–Kier alpha value is -4.03. The van der Waals surface area contributed by atoms with Crippen molar-refractivity contribution in [2.45, 2.75) is 19.4 Å². The molecule has 228 valence electrons. The number of aromatic nitrogens is 4. The highest BCUT2D eigenvalue weighted by Crippen LogP contribution is 2.37. The second kappa shape index (κ2) is 13.3. The number of nitrogens with one attached hydrogen (secondary N) is 1. The number of imidazole rings is 1. The number of hydrogen-bond acceptors (Lipinski definition) is 9. The molecule has 1 atom stereocenters. The summed E-state index contributed by atoms with van der Waals surface area (Å²) in [6.45, 7) is 8.33. The third kappa shape index (κ3) is 6.71. The fourth-order valence-electron chi connectivity index (χ4n) is 5.31. The molecule has 0 saturated carbocycles. The first-order valence-corrected chi connectivity index (χ1v) is 15.8. The van der Waals surface area contributed by atoms with Crippen LogP contribution in [0.3, 0.4) is 0 Å². The highest BCUT2D eigenvalue weighted by molar-refractivity contribution is 7.16. The molecular weight excluding hydrogens is 596 g/mol. The summed E-state index contributed by atoms with van der Waals surface area (Å²) in [5.74, 6) is 0.484. The lowest BCUT2D eigenvalue weighted by Crippen LogP contribution is -2.44. The van der Waals surface area contributed by atoms with Gasteiger partial charge in [-0.15, -0.1) is 11.3 Å². The number of thiophene rings is 1. The van der Waals surface area contributed by atoms with Crippen molar-refractivity contribution in [2.75, 3.05) is 51.6 Å². The number of ether oxygens (including phenoxy) is 1. The Morgan fingerprint density at radius 2 is 1.84 bits per heavy atom. The highest BCUT2D eigenvalue weighted by Gasteiger charge is 2.21. The maximum Gasteiger partial charge on any atom is 0.262 e. The number of fused-ring (bicyclic) bond motifs is 1. The quantitative estimate of drug-likeness (QED) is 0.184. The summed E-state index contributed by atoms with van der Waals surface area (Å²) in [5.41, 5.74) is 10.1. The van der Waals surface area contributed by atoms with Gasteiger partial charge in [0.05, 0.1) is 11.0 Å². The molecule has 0 radical (unpaired) electrons. The molecule has 1 aliphatic rings. The van der Waals surface area contributed by atoms with Gasteiger partial charge in [0.15, 0.2) is 0 Å². The number of piperazine rings is 1. The minimum absolute atomic E-state index is 0.336. The third-order valence-electron chi connectivity index (χ3n) is 7.86. The second-order valence-corrected chi connectivity index (χ2v) is 12.4. The number of primary amides is 1. The van der Waals surface area contributed by atoms with E-state index in [0.717, 1.165) is 78.4 Å². The van der Waals surface area contributed by atoms with Crippen LogP contribution in [0, 0.1) is 0 Å². The van der Waals surface area contributed by atoms with E-state index in [4.69, 9.17) is 22.1 Å². The van der Waals surface area contributed by atoms with Gasteiger partial charge in [0.2, 0.25) is 5.95 Å². The van der Waals surface area contributed by atoms with Crippen LogP contribution >= 0.6 is 22.9 Å². The van der Waals surface area contributed by atoms with Gasteiger partial charge in [-0.25, -0.2) is 15.0 Å². The Kier molecular flexibility index (Phi) is 9.08. The van der Waals surface area contributed by atoms with E-state index in [1.165, 1.54) is 11.3 Å². The first-order valence-electron chi connectivity index (χ1n) is 14.6. The molecule has 1 unspecified atom stereocenters. The lowest BCUT2D eigenvalue weighted by atomic mass is 10.1. The standard InChI is InChI=1S/C32H35ClN8O2S/c1-21(24-6-3-4-7-25(24)33)43-28-17-29(44-30(28)31(34)42)41-20-38-26-16-22(8-9-27(26)41)23-18-36-32(37-19-23)35-10-5-11-40-14-12-39(2)13-15-40/h3-4,6-9,16-21H,5,10-15H2,1-2H3,(H2,34,42)(H,35,36,37). The summed E-state index contributed by atoms with van der Waals surface area (Å²) in [4.78, 5) is 31.2. The van der Waals surface area contributed by atoms with E-state index in [1.54, 1.807) is 6.33 Å². The van der Waals surface area contributed by atoms with Gasteiger partial charge in [-0.2, -0.15) is 0 Å². The van der Waals surface area contributed by atoms with Crippen LogP contribution in [0.25, 0.3) is 27.2 Å². The van der Waals surface area contributed by atoms with E-state index in [1.807, 2.05) is 72.4 Å². The fourth-order valence-corrected chi connectivity index (χ4v) is 6.53. The van der Waals surface area contributed by atoms with Crippen molar-refractivity contribution in [3.05, 3.63) is 82.7 Å². The molecular formula is C32H35ClN8O2S. The first kappa shape index (κ1) is 30.0.